The van der Waals surface area contributed by atoms with Gasteiger partial charge in [-0.25, -0.2) is 4.98 Å². The summed E-state index contributed by atoms with van der Waals surface area (Å²) >= 11 is 1.68. The molecule has 102 valence electrons. The molecule has 18 heavy (non-hydrogen) atoms. The van der Waals surface area contributed by atoms with Crippen LogP contribution in [0.2, 0.25) is 0 Å². The standard InChI is InChI=1S/C14H25N3S/c1-14(2,3)11-4-6-17(7-5-11)9-12-10-18-13(8-15)16-12/h10-11H,4-9,15H2,1-3H3. The molecule has 0 saturated carbocycles. The maximum absolute atomic E-state index is 5.60. The Balaban J connectivity index is 1.83. The van der Waals surface area contributed by atoms with Crippen molar-refractivity contribution in [3.05, 3.63) is 16.1 Å². The van der Waals surface area contributed by atoms with E-state index in [9.17, 15) is 0 Å². The highest BCUT2D eigenvalue weighted by atomic mass is 32.1. The first-order valence-electron chi connectivity index (χ1n) is 6.84. The van der Waals surface area contributed by atoms with Crippen LogP contribution in [-0.4, -0.2) is 23.0 Å². The molecule has 0 unspecified atom stereocenters. The Morgan fingerprint density at radius 2 is 2.06 bits per heavy atom. The van der Waals surface area contributed by atoms with E-state index in [4.69, 9.17) is 5.73 Å². The molecule has 1 saturated heterocycles. The van der Waals surface area contributed by atoms with E-state index in [1.54, 1.807) is 11.3 Å². The summed E-state index contributed by atoms with van der Waals surface area (Å²) in [6.07, 6.45) is 2.63. The molecular formula is C14H25N3S. The summed E-state index contributed by atoms with van der Waals surface area (Å²) in [5.74, 6) is 0.865. The van der Waals surface area contributed by atoms with Crippen LogP contribution in [0, 0.1) is 11.3 Å². The molecule has 3 nitrogen and oxygen atoms in total. The average molecular weight is 267 g/mol. The lowest BCUT2D eigenvalue weighted by molar-refractivity contribution is 0.107. The van der Waals surface area contributed by atoms with Crippen molar-refractivity contribution in [2.24, 2.45) is 17.1 Å². The first kappa shape index (κ1) is 14.0. The lowest BCUT2D eigenvalue weighted by atomic mass is 9.75. The fourth-order valence-corrected chi connectivity index (χ4v) is 3.37. The van der Waals surface area contributed by atoms with Gasteiger partial charge in [0.25, 0.3) is 0 Å². The van der Waals surface area contributed by atoms with Crippen LogP contribution in [0.4, 0.5) is 0 Å². The normalized spacial score (nSPS) is 19.3. The summed E-state index contributed by atoms with van der Waals surface area (Å²) in [6.45, 7) is 11.1. The second-order valence-corrected chi connectivity index (χ2v) is 7.30. The van der Waals surface area contributed by atoms with Gasteiger partial charge in [-0.3, -0.25) is 4.90 Å². The van der Waals surface area contributed by atoms with Gasteiger partial charge in [-0.2, -0.15) is 0 Å². The third-order valence-electron chi connectivity index (χ3n) is 3.97. The minimum Gasteiger partial charge on any atom is -0.325 e. The summed E-state index contributed by atoms with van der Waals surface area (Å²) in [4.78, 5) is 7.07. The second-order valence-electron chi connectivity index (χ2n) is 6.35. The van der Waals surface area contributed by atoms with Crippen LogP contribution < -0.4 is 5.73 Å². The maximum Gasteiger partial charge on any atom is 0.106 e. The van der Waals surface area contributed by atoms with Crippen molar-refractivity contribution in [2.45, 2.75) is 46.7 Å². The molecule has 0 bridgehead atoms. The van der Waals surface area contributed by atoms with Crippen molar-refractivity contribution in [2.75, 3.05) is 13.1 Å². The van der Waals surface area contributed by atoms with Gasteiger partial charge in [-0.1, -0.05) is 20.8 Å². The van der Waals surface area contributed by atoms with E-state index >= 15 is 0 Å². The van der Waals surface area contributed by atoms with Crippen LogP contribution in [-0.2, 0) is 13.1 Å². The first-order chi connectivity index (χ1) is 8.49. The Bertz CT molecular complexity index is 373. The quantitative estimate of drug-likeness (QED) is 0.915. The van der Waals surface area contributed by atoms with Gasteiger partial charge in [0.1, 0.15) is 5.01 Å². The van der Waals surface area contributed by atoms with E-state index in [0.29, 0.717) is 12.0 Å². The molecule has 0 atom stereocenters. The Hall–Kier alpha value is -0.450. The molecule has 4 heteroatoms. The van der Waals surface area contributed by atoms with Crippen molar-refractivity contribution in [3.8, 4) is 0 Å². The van der Waals surface area contributed by atoms with Gasteiger partial charge in [0.05, 0.1) is 5.69 Å². The topological polar surface area (TPSA) is 42.1 Å². The van der Waals surface area contributed by atoms with Gasteiger partial charge in [-0.05, 0) is 37.3 Å². The second kappa shape index (κ2) is 5.68. The molecule has 1 aliphatic rings. The molecule has 1 aromatic rings. The van der Waals surface area contributed by atoms with Gasteiger partial charge >= 0.3 is 0 Å². The molecule has 0 amide bonds. The van der Waals surface area contributed by atoms with Crippen molar-refractivity contribution in [3.63, 3.8) is 0 Å². The highest BCUT2D eigenvalue weighted by molar-refractivity contribution is 7.09. The first-order valence-corrected chi connectivity index (χ1v) is 7.72. The van der Waals surface area contributed by atoms with Crippen LogP contribution in [0.25, 0.3) is 0 Å². The number of likely N-dealkylation sites (tertiary alicyclic amines) is 1. The SMILES string of the molecule is CC(C)(C)C1CCN(Cc2csc(CN)n2)CC1. The Kier molecular flexibility index (Phi) is 4.41. The predicted molar refractivity (Wildman–Crippen MR) is 77.5 cm³/mol. The lowest BCUT2D eigenvalue weighted by Crippen LogP contribution is -2.37. The number of rotatable bonds is 3. The van der Waals surface area contributed by atoms with E-state index in [0.717, 1.165) is 17.5 Å². The van der Waals surface area contributed by atoms with Gasteiger partial charge in [0.2, 0.25) is 0 Å². The van der Waals surface area contributed by atoms with Crippen molar-refractivity contribution < 1.29 is 0 Å². The third kappa shape index (κ3) is 3.53. The van der Waals surface area contributed by atoms with Crippen molar-refractivity contribution in [1.82, 2.24) is 9.88 Å². The highest BCUT2D eigenvalue weighted by Crippen LogP contribution is 2.34. The van der Waals surface area contributed by atoms with Crippen LogP contribution >= 0.6 is 11.3 Å². The van der Waals surface area contributed by atoms with E-state index in [-0.39, 0.29) is 0 Å². The number of hydrogen-bond donors (Lipinski definition) is 1. The largest absolute Gasteiger partial charge is 0.325 e. The number of hydrogen-bond acceptors (Lipinski definition) is 4. The molecule has 0 aromatic carbocycles. The molecular weight excluding hydrogens is 242 g/mol. The zero-order valence-corrected chi connectivity index (χ0v) is 12.6. The summed E-state index contributed by atoms with van der Waals surface area (Å²) in [7, 11) is 0. The fraction of sp³-hybridized carbons (Fsp3) is 0.786. The Labute approximate surface area is 114 Å². The summed E-state index contributed by atoms with van der Waals surface area (Å²) in [5.41, 5.74) is 7.24. The van der Waals surface area contributed by atoms with Crippen molar-refractivity contribution in [1.29, 1.82) is 0 Å². The third-order valence-corrected chi connectivity index (χ3v) is 4.89. The smallest absolute Gasteiger partial charge is 0.106 e. The summed E-state index contributed by atoms with van der Waals surface area (Å²) in [5, 5.41) is 3.20. The van der Waals surface area contributed by atoms with E-state index in [1.807, 2.05) is 0 Å². The van der Waals surface area contributed by atoms with Crippen LogP contribution in [0.1, 0.15) is 44.3 Å². The number of piperidine rings is 1. The Morgan fingerprint density at radius 1 is 1.39 bits per heavy atom. The molecule has 0 aliphatic carbocycles. The van der Waals surface area contributed by atoms with Crippen molar-refractivity contribution >= 4 is 11.3 Å². The van der Waals surface area contributed by atoms with E-state index in [2.05, 4.69) is 36.0 Å². The van der Waals surface area contributed by atoms with E-state index in [1.165, 1.54) is 31.6 Å². The van der Waals surface area contributed by atoms with Gasteiger partial charge < -0.3 is 5.73 Å². The predicted octanol–water partition coefficient (Wildman–Crippen LogP) is 2.86. The molecule has 2 rings (SSSR count). The van der Waals surface area contributed by atoms with Gasteiger partial charge in [-0.15, -0.1) is 11.3 Å². The summed E-state index contributed by atoms with van der Waals surface area (Å²) < 4.78 is 0. The monoisotopic (exact) mass is 267 g/mol. The fourth-order valence-electron chi connectivity index (χ4n) is 2.70. The van der Waals surface area contributed by atoms with Crippen LogP contribution in [0.15, 0.2) is 5.38 Å². The molecule has 1 aliphatic heterocycles. The Morgan fingerprint density at radius 3 is 2.56 bits per heavy atom. The summed E-state index contributed by atoms with van der Waals surface area (Å²) in [6, 6.07) is 0. The zero-order valence-electron chi connectivity index (χ0n) is 11.8. The number of nitrogens with zero attached hydrogens (tertiary/aromatic N) is 2. The number of thiazole rings is 1. The maximum atomic E-state index is 5.60. The average Bonchev–Trinajstić information content (AvgIpc) is 2.76. The van der Waals surface area contributed by atoms with Crippen LogP contribution in [0.3, 0.4) is 0 Å². The number of nitrogens with two attached hydrogens (primary N) is 1. The molecule has 0 radical (unpaired) electrons. The number of aromatic nitrogens is 1. The van der Waals surface area contributed by atoms with E-state index < -0.39 is 0 Å². The molecule has 2 N–H and O–H groups in total. The minimum atomic E-state index is 0.458. The minimum absolute atomic E-state index is 0.458. The van der Waals surface area contributed by atoms with Crippen LogP contribution in [0.5, 0.6) is 0 Å². The molecule has 1 aromatic heterocycles. The molecule has 2 heterocycles. The van der Waals surface area contributed by atoms with Gasteiger partial charge in [0.15, 0.2) is 0 Å². The molecule has 1 fully saturated rings. The highest BCUT2D eigenvalue weighted by Gasteiger charge is 2.28. The zero-order chi connectivity index (χ0) is 13.2. The lowest BCUT2D eigenvalue weighted by Gasteiger charge is -2.38. The molecule has 0 spiro atoms. The van der Waals surface area contributed by atoms with Gasteiger partial charge in [0, 0.05) is 18.5 Å².